The summed E-state index contributed by atoms with van der Waals surface area (Å²) < 4.78 is 2.07. The van der Waals surface area contributed by atoms with E-state index in [-0.39, 0.29) is 5.41 Å². The van der Waals surface area contributed by atoms with Crippen molar-refractivity contribution in [2.45, 2.75) is 70.0 Å². The largest absolute Gasteiger partial charge is 0.350 e. The summed E-state index contributed by atoms with van der Waals surface area (Å²) in [7, 11) is 0. The minimum atomic E-state index is 0.0274. The van der Waals surface area contributed by atoms with E-state index in [0.29, 0.717) is 23.8 Å². The highest BCUT2D eigenvalue weighted by Gasteiger charge is 2.42. The van der Waals surface area contributed by atoms with Crippen LogP contribution in [0.15, 0.2) is 24.4 Å². The Morgan fingerprint density at radius 3 is 2.44 bits per heavy atom. The number of hydrogen-bond acceptors (Lipinski definition) is 5. The van der Waals surface area contributed by atoms with Crippen LogP contribution in [0.5, 0.6) is 0 Å². The molecule has 0 spiro atoms. The number of nitriles is 1. The maximum absolute atomic E-state index is 9.12. The predicted octanol–water partition coefficient (Wildman–Crippen LogP) is 3.21. The molecule has 2 aromatic rings. The summed E-state index contributed by atoms with van der Waals surface area (Å²) in [6, 6.07) is 9.20. The van der Waals surface area contributed by atoms with E-state index in [1.807, 2.05) is 12.1 Å². The molecule has 2 aromatic heterocycles. The Morgan fingerprint density at radius 1 is 1.12 bits per heavy atom. The van der Waals surface area contributed by atoms with Gasteiger partial charge in [-0.2, -0.15) is 5.26 Å². The molecule has 2 aliphatic rings. The molecule has 2 saturated heterocycles. The lowest BCUT2D eigenvalue weighted by Gasteiger charge is -2.39. The lowest BCUT2D eigenvalue weighted by molar-refractivity contribution is 0.309. The minimum absolute atomic E-state index is 0.0274. The van der Waals surface area contributed by atoms with E-state index in [0.717, 1.165) is 24.4 Å². The normalized spacial score (nSPS) is 25.8. The van der Waals surface area contributed by atoms with E-state index in [1.165, 1.54) is 12.8 Å². The van der Waals surface area contributed by atoms with Crippen molar-refractivity contribution in [3.63, 3.8) is 0 Å². The lowest BCUT2D eigenvalue weighted by Crippen LogP contribution is -2.44. The first-order chi connectivity index (χ1) is 12.0. The number of nitrogens with zero attached hydrogens (tertiary/aromatic N) is 6. The summed E-state index contributed by atoms with van der Waals surface area (Å²) in [5, 5.41) is 17.9. The summed E-state index contributed by atoms with van der Waals surface area (Å²) >= 11 is 0. The number of pyridine rings is 1. The van der Waals surface area contributed by atoms with Crippen LogP contribution in [-0.4, -0.2) is 32.1 Å². The van der Waals surface area contributed by atoms with E-state index in [2.05, 4.69) is 57.9 Å². The Labute approximate surface area is 148 Å². The highest BCUT2D eigenvalue weighted by atomic mass is 15.4. The van der Waals surface area contributed by atoms with E-state index in [1.54, 1.807) is 6.07 Å². The Hall–Kier alpha value is -2.42. The Morgan fingerprint density at radius 2 is 1.84 bits per heavy atom. The third-order valence-corrected chi connectivity index (χ3v) is 5.47. The topological polar surface area (TPSA) is 70.6 Å². The van der Waals surface area contributed by atoms with Gasteiger partial charge in [0.2, 0.25) is 0 Å². The summed E-state index contributed by atoms with van der Waals surface area (Å²) in [5.74, 6) is 0.943. The van der Waals surface area contributed by atoms with Crippen molar-refractivity contribution in [1.82, 2.24) is 20.0 Å². The maximum atomic E-state index is 9.12. The first kappa shape index (κ1) is 16.1. The second-order valence-electron chi connectivity index (χ2n) is 8.24. The molecule has 0 aliphatic carbocycles. The highest BCUT2D eigenvalue weighted by Crippen LogP contribution is 2.42. The molecule has 2 fully saturated rings. The first-order valence-corrected chi connectivity index (χ1v) is 9.03. The van der Waals surface area contributed by atoms with Gasteiger partial charge in [0.15, 0.2) is 0 Å². The van der Waals surface area contributed by atoms with Crippen LogP contribution in [0.1, 0.15) is 63.9 Å². The molecule has 4 heterocycles. The number of anilines is 1. The molecule has 0 aromatic carbocycles. The average Bonchev–Trinajstić information content (AvgIpc) is 3.18. The van der Waals surface area contributed by atoms with Crippen LogP contribution in [-0.2, 0) is 5.41 Å². The lowest BCUT2D eigenvalue weighted by atomic mass is 9.93. The van der Waals surface area contributed by atoms with Gasteiger partial charge >= 0.3 is 0 Å². The third-order valence-electron chi connectivity index (χ3n) is 5.47. The predicted molar refractivity (Wildman–Crippen MR) is 95.2 cm³/mol. The van der Waals surface area contributed by atoms with Gasteiger partial charge in [-0.25, -0.2) is 9.67 Å². The van der Waals surface area contributed by atoms with Crippen molar-refractivity contribution < 1.29 is 0 Å². The number of piperidine rings is 1. The van der Waals surface area contributed by atoms with E-state index < -0.39 is 0 Å². The van der Waals surface area contributed by atoms with Crippen molar-refractivity contribution in [3.05, 3.63) is 35.8 Å². The third kappa shape index (κ3) is 2.88. The second kappa shape index (κ2) is 5.83. The number of aromatic nitrogens is 4. The van der Waals surface area contributed by atoms with Crippen molar-refractivity contribution in [3.8, 4) is 6.07 Å². The van der Waals surface area contributed by atoms with Gasteiger partial charge in [0.25, 0.3) is 0 Å². The molecule has 2 bridgehead atoms. The van der Waals surface area contributed by atoms with E-state index in [4.69, 9.17) is 5.26 Å². The summed E-state index contributed by atoms with van der Waals surface area (Å²) in [6.07, 6.45) is 6.60. The van der Waals surface area contributed by atoms with Crippen LogP contribution in [0.4, 0.5) is 5.82 Å². The van der Waals surface area contributed by atoms with Gasteiger partial charge in [0, 0.05) is 23.7 Å². The molecule has 0 amide bonds. The maximum Gasteiger partial charge on any atom is 0.142 e. The minimum Gasteiger partial charge on any atom is -0.350 e. The molecule has 0 saturated carbocycles. The molecule has 2 atom stereocenters. The Bertz CT molecular complexity index is 798. The Balaban J connectivity index is 1.56. The molecule has 130 valence electrons. The van der Waals surface area contributed by atoms with Crippen LogP contribution in [0, 0.1) is 11.3 Å². The van der Waals surface area contributed by atoms with Gasteiger partial charge in [0.1, 0.15) is 17.6 Å². The smallest absolute Gasteiger partial charge is 0.142 e. The van der Waals surface area contributed by atoms with Crippen LogP contribution < -0.4 is 4.90 Å². The Kier molecular flexibility index (Phi) is 3.75. The fraction of sp³-hybridized carbons (Fsp3) is 0.579. The van der Waals surface area contributed by atoms with Crippen LogP contribution in [0.3, 0.4) is 0 Å². The summed E-state index contributed by atoms with van der Waals surface area (Å²) in [4.78, 5) is 6.95. The molecule has 2 unspecified atom stereocenters. The molecule has 6 nitrogen and oxygen atoms in total. The van der Waals surface area contributed by atoms with E-state index >= 15 is 0 Å². The fourth-order valence-corrected chi connectivity index (χ4v) is 4.17. The second-order valence-corrected chi connectivity index (χ2v) is 8.24. The summed E-state index contributed by atoms with van der Waals surface area (Å²) in [5.41, 5.74) is 1.57. The fourth-order valence-electron chi connectivity index (χ4n) is 4.17. The molecular weight excluding hydrogens is 312 g/mol. The van der Waals surface area contributed by atoms with Gasteiger partial charge in [-0.15, -0.1) is 5.10 Å². The van der Waals surface area contributed by atoms with Crippen molar-refractivity contribution in [1.29, 1.82) is 5.26 Å². The van der Waals surface area contributed by atoms with Gasteiger partial charge in [-0.1, -0.05) is 32.1 Å². The van der Waals surface area contributed by atoms with Crippen LogP contribution in [0.2, 0.25) is 0 Å². The number of hydrogen-bond donors (Lipinski definition) is 0. The highest BCUT2D eigenvalue weighted by molar-refractivity contribution is 5.46. The first-order valence-electron chi connectivity index (χ1n) is 9.03. The zero-order chi connectivity index (χ0) is 17.6. The van der Waals surface area contributed by atoms with Gasteiger partial charge < -0.3 is 4.90 Å². The summed E-state index contributed by atoms with van der Waals surface area (Å²) in [6.45, 7) is 6.50. The van der Waals surface area contributed by atoms with Crippen molar-refractivity contribution >= 4 is 5.82 Å². The molecule has 4 rings (SSSR count). The van der Waals surface area contributed by atoms with Crippen molar-refractivity contribution in [2.75, 3.05) is 4.90 Å². The van der Waals surface area contributed by atoms with Gasteiger partial charge in [-0.3, -0.25) is 0 Å². The standard InChI is InChI=1S/C19H24N6/c1-19(2,3)17-12-24(23-22-17)16-9-14-7-8-15(10-16)25(14)18-6-4-5-13(11-20)21-18/h4-6,12,14-16H,7-10H2,1-3H3. The van der Waals surface area contributed by atoms with E-state index in [9.17, 15) is 0 Å². The molecule has 25 heavy (non-hydrogen) atoms. The molecular formula is C19H24N6. The number of rotatable bonds is 2. The van der Waals surface area contributed by atoms with Crippen LogP contribution in [0.25, 0.3) is 0 Å². The molecule has 0 radical (unpaired) electrons. The quantitative estimate of drug-likeness (QED) is 0.842. The van der Waals surface area contributed by atoms with Gasteiger partial charge in [-0.05, 0) is 37.8 Å². The SMILES string of the molecule is CC(C)(C)c1cn(C2CC3CCC(C2)N3c2cccc(C#N)n2)nn1. The zero-order valence-electron chi connectivity index (χ0n) is 15.1. The zero-order valence-corrected chi connectivity index (χ0v) is 15.1. The molecule has 6 heteroatoms. The van der Waals surface area contributed by atoms with Crippen molar-refractivity contribution in [2.24, 2.45) is 0 Å². The molecule has 2 aliphatic heterocycles. The number of fused-ring (bicyclic) bond motifs is 2. The molecule has 0 N–H and O–H groups in total. The van der Waals surface area contributed by atoms with Crippen LogP contribution >= 0.6 is 0 Å². The monoisotopic (exact) mass is 336 g/mol. The average molecular weight is 336 g/mol. The van der Waals surface area contributed by atoms with Gasteiger partial charge in [0.05, 0.1) is 11.7 Å².